The molecule has 3 saturated heterocycles. The fourth-order valence-corrected chi connectivity index (χ4v) is 3.27. The van der Waals surface area contributed by atoms with E-state index < -0.39 is 0 Å². The van der Waals surface area contributed by atoms with E-state index in [4.69, 9.17) is 4.74 Å². The smallest absolute Gasteiger partial charge is 0.0594 e. The first kappa shape index (κ1) is 9.13. The summed E-state index contributed by atoms with van der Waals surface area (Å²) in [5.74, 6) is 0. The van der Waals surface area contributed by atoms with E-state index in [1.54, 1.807) is 0 Å². The summed E-state index contributed by atoms with van der Waals surface area (Å²) in [5.41, 5.74) is 0. The third kappa shape index (κ3) is 1.69. The fourth-order valence-electron chi connectivity index (χ4n) is 3.27. The van der Waals surface area contributed by atoms with Crippen molar-refractivity contribution in [1.82, 2.24) is 10.2 Å². The van der Waals surface area contributed by atoms with Crippen molar-refractivity contribution in [3.05, 3.63) is 0 Å². The Bertz CT molecular complexity index is 191. The molecule has 2 unspecified atom stereocenters. The lowest BCUT2D eigenvalue weighted by atomic mass is 9.98. The normalized spacial score (nSPS) is 44.1. The van der Waals surface area contributed by atoms with Gasteiger partial charge in [0, 0.05) is 31.2 Å². The van der Waals surface area contributed by atoms with Gasteiger partial charge in [0.2, 0.25) is 0 Å². The minimum absolute atomic E-state index is 0.821. The number of morpholine rings is 1. The van der Waals surface area contributed by atoms with Gasteiger partial charge >= 0.3 is 0 Å². The minimum atomic E-state index is 0.821. The van der Waals surface area contributed by atoms with Crippen LogP contribution in [0.3, 0.4) is 0 Å². The maximum absolute atomic E-state index is 5.40. The number of piperidine rings is 1. The molecular formula is C11H20N2O. The molecule has 14 heavy (non-hydrogen) atoms. The summed E-state index contributed by atoms with van der Waals surface area (Å²) in [7, 11) is 0. The molecule has 0 aromatic heterocycles. The lowest BCUT2D eigenvalue weighted by molar-refractivity contribution is 0.00568. The van der Waals surface area contributed by atoms with E-state index in [0.717, 1.165) is 44.4 Å². The van der Waals surface area contributed by atoms with Crippen LogP contribution in [0, 0.1) is 0 Å². The molecule has 0 amide bonds. The van der Waals surface area contributed by atoms with E-state index in [2.05, 4.69) is 10.2 Å². The van der Waals surface area contributed by atoms with Gasteiger partial charge in [-0.15, -0.1) is 0 Å². The standard InChI is InChI=1S/C11H20N2O/c1-2-10-8-11(7-9(1)12-10)13-3-5-14-6-4-13/h9-12H,1-8H2. The van der Waals surface area contributed by atoms with Crippen molar-refractivity contribution in [2.75, 3.05) is 26.3 Å². The number of fused-ring (bicyclic) bond motifs is 2. The Kier molecular flexibility index (Phi) is 2.48. The van der Waals surface area contributed by atoms with E-state index in [1.165, 1.54) is 25.7 Å². The molecule has 3 heterocycles. The number of hydrogen-bond donors (Lipinski definition) is 1. The average molecular weight is 196 g/mol. The molecular weight excluding hydrogens is 176 g/mol. The van der Waals surface area contributed by atoms with E-state index >= 15 is 0 Å². The Hall–Kier alpha value is -0.120. The fraction of sp³-hybridized carbons (Fsp3) is 1.00. The van der Waals surface area contributed by atoms with E-state index in [-0.39, 0.29) is 0 Å². The van der Waals surface area contributed by atoms with Crippen LogP contribution in [0.1, 0.15) is 25.7 Å². The first-order chi connectivity index (χ1) is 6.92. The third-order valence-corrected chi connectivity index (χ3v) is 4.01. The Morgan fingerprint density at radius 1 is 1.00 bits per heavy atom. The molecule has 2 bridgehead atoms. The lowest BCUT2D eigenvalue weighted by Gasteiger charge is -2.39. The van der Waals surface area contributed by atoms with Gasteiger partial charge in [0.1, 0.15) is 0 Å². The lowest BCUT2D eigenvalue weighted by Crippen LogP contribution is -2.51. The number of nitrogens with one attached hydrogen (secondary N) is 1. The maximum atomic E-state index is 5.40. The molecule has 0 radical (unpaired) electrons. The molecule has 3 aliphatic rings. The molecule has 0 saturated carbocycles. The predicted molar refractivity (Wildman–Crippen MR) is 55.4 cm³/mol. The van der Waals surface area contributed by atoms with Gasteiger partial charge in [0.15, 0.2) is 0 Å². The summed E-state index contributed by atoms with van der Waals surface area (Å²) in [6.45, 7) is 4.20. The van der Waals surface area contributed by atoms with Gasteiger partial charge in [-0.05, 0) is 25.7 Å². The van der Waals surface area contributed by atoms with Crippen LogP contribution in [0.15, 0.2) is 0 Å². The Labute approximate surface area is 85.8 Å². The van der Waals surface area contributed by atoms with Gasteiger partial charge in [0.05, 0.1) is 13.2 Å². The van der Waals surface area contributed by atoms with Crippen molar-refractivity contribution in [3.63, 3.8) is 0 Å². The van der Waals surface area contributed by atoms with Crippen LogP contribution in [0.2, 0.25) is 0 Å². The van der Waals surface area contributed by atoms with Crippen LogP contribution in [0.4, 0.5) is 0 Å². The van der Waals surface area contributed by atoms with Crippen LogP contribution in [0.25, 0.3) is 0 Å². The predicted octanol–water partition coefficient (Wildman–Crippen LogP) is 0.602. The highest BCUT2D eigenvalue weighted by Gasteiger charge is 2.36. The maximum Gasteiger partial charge on any atom is 0.0594 e. The summed E-state index contributed by atoms with van der Waals surface area (Å²) in [5, 5.41) is 3.70. The van der Waals surface area contributed by atoms with Crippen LogP contribution in [-0.4, -0.2) is 49.3 Å². The van der Waals surface area contributed by atoms with Gasteiger partial charge < -0.3 is 10.1 Å². The van der Waals surface area contributed by atoms with Crippen molar-refractivity contribution in [3.8, 4) is 0 Å². The summed E-state index contributed by atoms with van der Waals surface area (Å²) >= 11 is 0. The molecule has 3 nitrogen and oxygen atoms in total. The van der Waals surface area contributed by atoms with Crippen molar-refractivity contribution < 1.29 is 4.74 Å². The highest BCUT2D eigenvalue weighted by molar-refractivity contribution is 4.95. The van der Waals surface area contributed by atoms with E-state index in [9.17, 15) is 0 Å². The summed E-state index contributed by atoms with van der Waals surface area (Å²) in [6.07, 6.45) is 5.56. The zero-order valence-electron chi connectivity index (χ0n) is 8.74. The topological polar surface area (TPSA) is 24.5 Å². The first-order valence-corrected chi connectivity index (χ1v) is 5.99. The van der Waals surface area contributed by atoms with E-state index in [0.29, 0.717) is 0 Å². The van der Waals surface area contributed by atoms with Gasteiger partial charge in [-0.25, -0.2) is 0 Å². The monoisotopic (exact) mass is 196 g/mol. The molecule has 1 N–H and O–H groups in total. The van der Waals surface area contributed by atoms with Crippen molar-refractivity contribution in [1.29, 1.82) is 0 Å². The molecule has 3 aliphatic heterocycles. The molecule has 2 atom stereocenters. The molecule has 80 valence electrons. The molecule has 3 heteroatoms. The molecule has 0 aliphatic carbocycles. The number of rotatable bonds is 1. The van der Waals surface area contributed by atoms with Crippen LogP contribution in [0.5, 0.6) is 0 Å². The quantitative estimate of drug-likeness (QED) is 0.665. The Balaban J connectivity index is 1.61. The van der Waals surface area contributed by atoms with Crippen LogP contribution in [-0.2, 0) is 4.74 Å². The SMILES string of the molecule is C1CN(C2CC3CCC(C2)N3)CCO1. The van der Waals surface area contributed by atoms with Crippen LogP contribution < -0.4 is 5.32 Å². The molecule has 0 aromatic carbocycles. The summed E-state index contributed by atoms with van der Waals surface area (Å²) in [6, 6.07) is 2.49. The zero-order chi connectivity index (χ0) is 9.38. The largest absolute Gasteiger partial charge is 0.379 e. The number of hydrogen-bond acceptors (Lipinski definition) is 3. The van der Waals surface area contributed by atoms with Gasteiger partial charge in [0.25, 0.3) is 0 Å². The van der Waals surface area contributed by atoms with Gasteiger partial charge in [-0.2, -0.15) is 0 Å². The molecule has 3 rings (SSSR count). The second-order valence-corrected chi connectivity index (χ2v) is 4.91. The van der Waals surface area contributed by atoms with E-state index in [1.807, 2.05) is 0 Å². The number of ether oxygens (including phenoxy) is 1. The molecule has 3 fully saturated rings. The summed E-state index contributed by atoms with van der Waals surface area (Å²) in [4.78, 5) is 2.65. The van der Waals surface area contributed by atoms with Crippen molar-refractivity contribution in [2.45, 2.75) is 43.8 Å². The third-order valence-electron chi connectivity index (χ3n) is 4.01. The van der Waals surface area contributed by atoms with Crippen molar-refractivity contribution >= 4 is 0 Å². The Morgan fingerprint density at radius 2 is 1.64 bits per heavy atom. The Morgan fingerprint density at radius 3 is 2.29 bits per heavy atom. The zero-order valence-corrected chi connectivity index (χ0v) is 8.74. The minimum Gasteiger partial charge on any atom is -0.379 e. The molecule has 0 aromatic rings. The number of nitrogens with zero attached hydrogens (tertiary/aromatic N) is 1. The van der Waals surface area contributed by atoms with Crippen LogP contribution >= 0.6 is 0 Å². The highest BCUT2D eigenvalue weighted by Crippen LogP contribution is 2.29. The van der Waals surface area contributed by atoms with Gasteiger partial charge in [-0.3, -0.25) is 4.90 Å². The molecule has 0 spiro atoms. The first-order valence-electron chi connectivity index (χ1n) is 5.99. The highest BCUT2D eigenvalue weighted by atomic mass is 16.5. The second kappa shape index (κ2) is 3.80. The second-order valence-electron chi connectivity index (χ2n) is 4.91. The summed E-state index contributed by atoms with van der Waals surface area (Å²) < 4.78 is 5.40. The average Bonchev–Trinajstić information content (AvgIpc) is 2.59. The van der Waals surface area contributed by atoms with Gasteiger partial charge in [-0.1, -0.05) is 0 Å². The van der Waals surface area contributed by atoms with Crippen molar-refractivity contribution in [2.24, 2.45) is 0 Å².